The topological polar surface area (TPSA) is 33.1 Å². The van der Waals surface area contributed by atoms with E-state index in [-0.39, 0.29) is 6.04 Å². The van der Waals surface area contributed by atoms with Crippen molar-refractivity contribution in [3.63, 3.8) is 0 Å². The van der Waals surface area contributed by atoms with Gasteiger partial charge in [0.1, 0.15) is 18.7 Å². The van der Waals surface area contributed by atoms with Gasteiger partial charge in [-0.15, -0.1) is 6.58 Å². The molecule has 148 valence electrons. The minimum absolute atomic E-state index is 0.205. The first-order valence-electron chi connectivity index (χ1n) is 10.7. The van der Waals surface area contributed by atoms with Gasteiger partial charge < -0.3 is 9.59 Å². The molecule has 1 aromatic heterocycles. The first-order chi connectivity index (χ1) is 14.2. The summed E-state index contributed by atoms with van der Waals surface area (Å²) in [5.74, 6) is 1.18. The number of fused-ring (bicyclic) bond motifs is 4. The Hall–Kier alpha value is -2.49. The summed E-state index contributed by atoms with van der Waals surface area (Å²) in [5, 5.41) is 12.8. The van der Waals surface area contributed by atoms with Crippen LogP contribution in [0.25, 0.3) is 10.9 Å². The van der Waals surface area contributed by atoms with Gasteiger partial charge in [-0.2, -0.15) is 0 Å². The summed E-state index contributed by atoms with van der Waals surface area (Å²) in [4.78, 5) is 4.50. The number of benzene rings is 2. The normalized spacial score (nSPS) is 29.6. The lowest BCUT2D eigenvalue weighted by atomic mass is 9.71. The molecule has 3 aliphatic heterocycles. The second-order valence-corrected chi connectivity index (χ2v) is 8.88. The van der Waals surface area contributed by atoms with E-state index in [9.17, 15) is 5.11 Å². The molecule has 2 aromatic carbocycles. The van der Waals surface area contributed by atoms with Gasteiger partial charge in [0.25, 0.3) is 0 Å². The molecule has 1 unspecified atom stereocenters. The first-order valence-corrected chi connectivity index (χ1v) is 10.7. The van der Waals surface area contributed by atoms with Crippen LogP contribution in [-0.2, 0) is 6.54 Å². The summed E-state index contributed by atoms with van der Waals surface area (Å²) >= 11 is 0. The summed E-state index contributed by atoms with van der Waals surface area (Å²) in [6.45, 7) is 7.32. The average molecular weight is 386 g/mol. The first kappa shape index (κ1) is 18.5. The SMILES string of the molecule is C=C[C@H]1C[N@+]2(Cc3ccccc3)CC[C@@H]1C[C@@H]2C(O)c1ccnc2ccccc12. The largest absolute Gasteiger partial charge is 0.382 e. The fourth-order valence-electron chi connectivity index (χ4n) is 5.91. The van der Waals surface area contributed by atoms with Crippen molar-refractivity contribution in [2.75, 3.05) is 13.1 Å². The molecule has 6 rings (SSSR count). The predicted octanol–water partition coefficient (Wildman–Crippen LogP) is 4.88. The van der Waals surface area contributed by atoms with E-state index in [2.05, 4.69) is 54.0 Å². The van der Waals surface area contributed by atoms with Gasteiger partial charge in [0.05, 0.1) is 18.6 Å². The fourth-order valence-corrected chi connectivity index (χ4v) is 5.91. The average Bonchev–Trinajstić information content (AvgIpc) is 2.78. The molecule has 5 atom stereocenters. The van der Waals surface area contributed by atoms with Crippen molar-refractivity contribution in [2.24, 2.45) is 11.8 Å². The van der Waals surface area contributed by atoms with E-state index in [1.807, 2.05) is 30.5 Å². The summed E-state index contributed by atoms with van der Waals surface area (Å²) in [5.41, 5.74) is 3.33. The molecule has 0 amide bonds. The lowest BCUT2D eigenvalue weighted by Crippen LogP contribution is -2.67. The summed E-state index contributed by atoms with van der Waals surface area (Å²) < 4.78 is 0.953. The molecule has 29 heavy (non-hydrogen) atoms. The Balaban J connectivity index is 1.56. The van der Waals surface area contributed by atoms with E-state index in [0.717, 1.165) is 47.0 Å². The fraction of sp³-hybridized carbons (Fsp3) is 0.346. The summed E-state index contributed by atoms with van der Waals surface area (Å²) in [6.07, 6.45) is 5.79. The van der Waals surface area contributed by atoms with E-state index in [4.69, 9.17) is 0 Å². The van der Waals surface area contributed by atoms with Crippen LogP contribution in [0.1, 0.15) is 30.1 Å². The highest BCUT2D eigenvalue weighted by Crippen LogP contribution is 2.47. The third-order valence-electron chi connectivity index (χ3n) is 7.38. The summed E-state index contributed by atoms with van der Waals surface area (Å²) in [7, 11) is 0. The number of hydrogen-bond donors (Lipinski definition) is 1. The van der Waals surface area contributed by atoms with E-state index in [1.165, 1.54) is 12.0 Å². The van der Waals surface area contributed by atoms with Crippen LogP contribution in [-0.4, -0.2) is 33.7 Å². The highest BCUT2D eigenvalue weighted by Gasteiger charge is 2.53. The second-order valence-electron chi connectivity index (χ2n) is 8.88. The highest BCUT2D eigenvalue weighted by atomic mass is 16.3. The molecule has 2 bridgehead atoms. The Labute approximate surface area is 172 Å². The van der Waals surface area contributed by atoms with Gasteiger partial charge in [0, 0.05) is 35.9 Å². The second kappa shape index (κ2) is 7.40. The van der Waals surface area contributed by atoms with Crippen LogP contribution in [0.5, 0.6) is 0 Å². The van der Waals surface area contributed by atoms with Crippen molar-refractivity contribution in [2.45, 2.75) is 31.5 Å². The molecule has 3 saturated heterocycles. The number of nitrogens with zero attached hydrogens (tertiary/aromatic N) is 2. The zero-order valence-electron chi connectivity index (χ0n) is 16.8. The molecule has 0 aliphatic carbocycles. The van der Waals surface area contributed by atoms with E-state index in [0.29, 0.717) is 11.8 Å². The minimum atomic E-state index is -0.486. The van der Waals surface area contributed by atoms with Crippen molar-refractivity contribution >= 4 is 10.9 Å². The Bertz CT molecular complexity index is 1010. The highest BCUT2D eigenvalue weighted by molar-refractivity contribution is 5.82. The Morgan fingerprint density at radius 3 is 2.72 bits per heavy atom. The van der Waals surface area contributed by atoms with Crippen molar-refractivity contribution in [3.05, 3.63) is 90.6 Å². The number of aromatic nitrogens is 1. The monoisotopic (exact) mass is 385 g/mol. The number of piperidine rings is 3. The Kier molecular flexibility index (Phi) is 4.73. The van der Waals surface area contributed by atoms with Crippen LogP contribution in [0, 0.1) is 11.8 Å². The van der Waals surface area contributed by atoms with Gasteiger partial charge in [0.2, 0.25) is 0 Å². The van der Waals surface area contributed by atoms with Gasteiger partial charge in [-0.25, -0.2) is 0 Å². The van der Waals surface area contributed by atoms with Crippen LogP contribution in [0.3, 0.4) is 0 Å². The number of rotatable bonds is 5. The van der Waals surface area contributed by atoms with Crippen LogP contribution in [0.4, 0.5) is 0 Å². The molecule has 3 aliphatic rings. The van der Waals surface area contributed by atoms with Crippen molar-refractivity contribution in [1.82, 2.24) is 4.98 Å². The molecule has 3 aromatic rings. The molecule has 3 fully saturated rings. The molecule has 0 radical (unpaired) electrons. The van der Waals surface area contributed by atoms with Crippen molar-refractivity contribution in [1.29, 1.82) is 0 Å². The Morgan fingerprint density at radius 2 is 1.90 bits per heavy atom. The molecule has 0 spiro atoms. The molecule has 4 heterocycles. The number of hydrogen-bond acceptors (Lipinski definition) is 2. The molecule has 1 N–H and O–H groups in total. The molecule has 0 saturated carbocycles. The van der Waals surface area contributed by atoms with Gasteiger partial charge in [-0.05, 0) is 23.6 Å². The smallest absolute Gasteiger partial charge is 0.131 e. The van der Waals surface area contributed by atoms with Gasteiger partial charge in [-0.3, -0.25) is 4.98 Å². The molecule has 3 nitrogen and oxygen atoms in total. The maximum atomic E-state index is 11.7. The van der Waals surface area contributed by atoms with E-state index < -0.39 is 6.10 Å². The van der Waals surface area contributed by atoms with Crippen molar-refractivity contribution in [3.8, 4) is 0 Å². The minimum Gasteiger partial charge on any atom is -0.382 e. The summed E-state index contributed by atoms with van der Waals surface area (Å²) in [6, 6.07) is 21.2. The standard InChI is InChI=1S/C26H29N2O/c1-2-20-18-28(17-19-8-4-3-5-9-19)15-13-21(20)16-25(28)26(29)23-12-14-27-24-11-7-6-10-22(23)24/h2-12,14,20-21,25-26,29H,1,13,15-18H2/q+1/t20-,21+,25+,26?,28+/m0/s1. The zero-order valence-corrected chi connectivity index (χ0v) is 16.8. The van der Waals surface area contributed by atoms with Crippen LogP contribution >= 0.6 is 0 Å². The Morgan fingerprint density at radius 1 is 1.10 bits per heavy atom. The number of pyridine rings is 1. The van der Waals surface area contributed by atoms with Crippen LogP contribution < -0.4 is 0 Å². The van der Waals surface area contributed by atoms with Crippen LogP contribution in [0.15, 0.2) is 79.5 Å². The lowest BCUT2D eigenvalue weighted by Gasteiger charge is -2.58. The maximum Gasteiger partial charge on any atom is 0.131 e. The molecule has 3 heteroatoms. The maximum absolute atomic E-state index is 11.7. The quantitative estimate of drug-likeness (QED) is 0.502. The number of quaternary nitrogens is 1. The number of para-hydroxylation sites is 1. The van der Waals surface area contributed by atoms with Gasteiger partial charge in [0.15, 0.2) is 0 Å². The van der Waals surface area contributed by atoms with E-state index >= 15 is 0 Å². The van der Waals surface area contributed by atoms with E-state index in [1.54, 1.807) is 0 Å². The third-order valence-corrected chi connectivity index (χ3v) is 7.38. The number of aliphatic hydroxyl groups is 1. The van der Waals surface area contributed by atoms with Crippen molar-refractivity contribution < 1.29 is 9.59 Å². The molecular formula is C26H29N2O+. The van der Waals surface area contributed by atoms with Gasteiger partial charge >= 0.3 is 0 Å². The zero-order chi connectivity index (χ0) is 19.8. The molecular weight excluding hydrogens is 356 g/mol. The van der Waals surface area contributed by atoms with Gasteiger partial charge in [-0.1, -0.05) is 54.6 Å². The predicted molar refractivity (Wildman–Crippen MR) is 117 cm³/mol. The van der Waals surface area contributed by atoms with Crippen LogP contribution in [0.2, 0.25) is 0 Å². The lowest BCUT2D eigenvalue weighted by molar-refractivity contribution is -0.984. The number of aliphatic hydroxyl groups excluding tert-OH is 1. The third kappa shape index (κ3) is 3.19.